The average Bonchev–Trinajstić information content (AvgIpc) is 2.89. The number of nitrogens with zero attached hydrogens (tertiary/aromatic N) is 4. The summed E-state index contributed by atoms with van der Waals surface area (Å²) in [4.78, 5) is 12.9. The van der Waals surface area contributed by atoms with Crippen molar-refractivity contribution in [1.29, 1.82) is 0 Å². The van der Waals surface area contributed by atoms with Gasteiger partial charge < -0.3 is 11.1 Å². The van der Waals surface area contributed by atoms with E-state index in [1.807, 2.05) is 36.0 Å². The second-order valence-electron chi connectivity index (χ2n) is 5.35. The van der Waals surface area contributed by atoms with E-state index in [2.05, 4.69) is 34.1 Å². The van der Waals surface area contributed by atoms with Gasteiger partial charge in [0.25, 0.3) is 0 Å². The third-order valence-corrected chi connectivity index (χ3v) is 3.01. The van der Waals surface area contributed by atoms with Gasteiger partial charge in [0.15, 0.2) is 5.96 Å². The number of pyridine rings is 1. The van der Waals surface area contributed by atoms with Crippen molar-refractivity contribution in [1.82, 2.24) is 19.9 Å². The molecular formula is C15H23IN6. The predicted octanol–water partition coefficient (Wildman–Crippen LogP) is 2.25. The summed E-state index contributed by atoms with van der Waals surface area (Å²) in [7, 11) is 0. The Morgan fingerprint density at radius 1 is 1.36 bits per heavy atom. The second-order valence-corrected chi connectivity index (χ2v) is 5.35. The summed E-state index contributed by atoms with van der Waals surface area (Å²) >= 11 is 0. The molecular weight excluding hydrogens is 391 g/mol. The van der Waals surface area contributed by atoms with Crippen LogP contribution in [0.15, 0.2) is 35.7 Å². The van der Waals surface area contributed by atoms with Crippen molar-refractivity contribution in [3.63, 3.8) is 0 Å². The first kappa shape index (κ1) is 18.4. The second kappa shape index (κ2) is 8.72. The van der Waals surface area contributed by atoms with Gasteiger partial charge >= 0.3 is 0 Å². The van der Waals surface area contributed by atoms with Crippen LogP contribution in [0.4, 0.5) is 0 Å². The van der Waals surface area contributed by atoms with E-state index >= 15 is 0 Å². The fraction of sp³-hybridized carbons (Fsp3) is 0.400. The summed E-state index contributed by atoms with van der Waals surface area (Å²) in [6, 6.07) is 3.96. The molecule has 2 heterocycles. The molecule has 2 aromatic heterocycles. The maximum atomic E-state index is 5.80. The molecule has 0 fully saturated rings. The standard InChI is InChI=1S/C15H22N6.HI/c1-11(2)8-19-15(16)20-10-13-4-5-14(18-9-13)21-7-6-17-12(21)3;/h4-7,9,11H,8,10H2,1-3H3,(H3,16,19,20);1H. The van der Waals surface area contributed by atoms with Gasteiger partial charge in [-0.05, 0) is 24.5 Å². The molecule has 3 N–H and O–H groups in total. The third-order valence-electron chi connectivity index (χ3n) is 3.01. The highest BCUT2D eigenvalue weighted by molar-refractivity contribution is 14.0. The molecule has 0 unspecified atom stereocenters. The number of rotatable bonds is 5. The van der Waals surface area contributed by atoms with Gasteiger partial charge in [-0.15, -0.1) is 24.0 Å². The first-order valence-corrected chi connectivity index (χ1v) is 7.05. The zero-order chi connectivity index (χ0) is 15.2. The lowest BCUT2D eigenvalue weighted by atomic mass is 10.2. The van der Waals surface area contributed by atoms with Crippen molar-refractivity contribution >= 4 is 29.9 Å². The number of aromatic nitrogens is 3. The van der Waals surface area contributed by atoms with Gasteiger partial charge in [0.2, 0.25) is 0 Å². The van der Waals surface area contributed by atoms with Gasteiger partial charge in [-0.1, -0.05) is 19.9 Å². The summed E-state index contributed by atoms with van der Waals surface area (Å²) in [6.45, 7) is 7.54. The van der Waals surface area contributed by atoms with Crippen molar-refractivity contribution in [2.75, 3.05) is 6.54 Å². The van der Waals surface area contributed by atoms with Gasteiger partial charge in [0, 0.05) is 25.1 Å². The number of nitrogens with two attached hydrogens (primary N) is 1. The number of guanidine groups is 1. The van der Waals surface area contributed by atoms with Crippen LogP contribution in [0.25, 0.3) is 5.82 Å². The molecule has 7 heteroatoms. The molecule has 0 bridgehead atoms. The Bertz CT molecular complexity index is 603. The maximum Gasteiger partial charge on any atom is 0.188 e. The molecule has 2 aromatic rings. The predicted molar refractivity (Wildman–Crippen MR) is 99.7 cm³/mol. The lowest BCUT2D eigenvalue weighted by Crippen LogP contribution is -2.34. The summed E-state index contributed by atoms with van der Waals surface area (Å²) in [5.74, 6) is 2.77. The maximum absolute atomic E-state index is 5.80. The Labute approximate surface area is 148 Å². The Kier molecular flexibility index (Phi) is 7.30. The van der Waals surface area contributed by atoms with Crippen molar-refractivity contribution in [2.45, 2.75) is 27.3 Å². The summed E-state index contributed by atoms with van der Waals surface area (Å²) < 4.78 is 1.94. The molecule has 2 rings (SSSR count). The molecule has 0 aliphatic carbocycles. The molecule has 22 heavy (non-hydrogen) atoms. The minimum Gasteiger partial charge on any atom is -0.370 e. The zero-order valence-electron chi connectivity index (χ0n) is 13.2. The molecule has 0 saturated heterocycles. The lowest BCUT2D eigenvalue weighted by molar-refractivity contribution is 0.622. The third kappa shape index (κ3) is 5.28. The fourth-order valence-electron chi connectivity index (χ4n) is 1.81. The number of aryl methyl sites for hydroxylation is 1. The minimum absolute atomic E-state index is 0. The Morgan fingerprint density at radius 2 is 2.14 bits per heavy atom. The Balaban J connectivity index is 0.00000242. The minimum atomic E-state index is 0. The average molecular weight is 414 g/mol. The van der Waals surface area contributed by atoms with E-state index < -0.39 is 0 Å². The van der Waals surface area contributed by atoms with Crippen LogP contribution in [0.2, 0.25) is 0 Å². The molecule has 0 radical (unpaired) electrons. The number of aliphatic imine (C=N–C) groups is 1. The molecule has 6 nitrogen and oxygen atoms in total. The normalized spacial score (nSPS) is 11.4. The van der Waals surface area contributed by atoms with Crippen LogP contribution in [0.5, 0.6) is 0 Å². The molecule has 0 spiro atoms. The number of halogens is 1. The fourth-order valence-corrected chi connectivity index (χ4v) is 1.81. The van der Waals surface area contributed by atoms with E-state index in [0.29, 0.717) is 18.4 Å². The number of nitrogens with one attached hydrogen (secondary N) is 1. The van der Waals surface area contributed by atoms with Crippen LogP contribution >= 0.6 is 24.0 Å². The van der Waals surface area contributed by atoms with Crippen LogP contribution < -0.4 is 11.1 Å². The Hall–Kier alpha value is -1.64. The lowest BCUT2D eigenvalue weighted by Gasteiger charge is -2.08. The monoisotopic (exact) mass is 414 g/mol. The molecule has 0 aromatic carbocycles. The van der Waals surface area contributed by atoms with Gasteiger partial charge in [-0.3, -0.25) is 4.57 Å². The van der Waals surface area contributed by atoms with Crippen molar-refractivity contribution in [3.8, 4) is 5.82 Å². The van der Waals surface area contributed by atoms with Crippen LogP contribution in [-0.2, 0) is 6.54 Å². The SMILES string of the molecule is Cc1nccn1-c1ccc(CN=C(N)NCC(C)C)cn1.I. The molecule has 120 valence electrons. The molecule has 0 amide bonds. The zero-order valence-corrected chi connectivity index (χ0v) is 15.5. The number of imidazole rings is 1. The number of hydrogen-bond acceptors (Lipinski definition) is 3. The van der Waals surface area contributed by atoms with E-state index in [0.717, 1.165) is 23.8 Å². The highest BCUT2D eigenvalue weighted by atomic mass is 127. The highest BCUT2D eigenvalue weighted by Gasteiger charge is 2.02. The van der Waals surface area contributed by atoms with Crippen LogP contribution in [-0.4, -0.2) is 27.0 Å². The first-order chi connectivity index (χ1) is 10.1. The van der Waals surface area contributed by atoms with E-state index in [9.17, 15) is 0 Å². The van der Waals surface area contributed by atoms with Crippen LogP contribution in [0.3, 0.4) is 0 Å². The smallest absolute Gasteiger partial charge is 0.188 e. The molecule has 0 saturated carbocycles. The Morgan fingerprint density at radius 3 is 2.68 bits per heavy atom. The topological polar surface area (TPSA) is 81.1 Å². The van der Waals surface area contributed by atoms with Gasteiger partial charge in [-0.2, -0.15) is 0 Å². The van der Waals surface area contributed by atoms with E-state index in [-0.39, 0.29) is 24.0 Å². The highest BCUT2D eigenvalue weighted by Crippen LogP contribution is 2.08. The summed E-state index contributed by atoms with van der Waals surface area (Å²) in [5.41, 5.74) is 6.82. The summed E-state index contributed by atoms with van der Waals surface area (Å²) in [5, 5.41) is 3.09. The summed E-state index contributed by atoms with van der Waals surface area (Å²) in [6.07, 6.45) is 5.47. The van der Waals surface area contributed by atoms with E-state index in [1.165, 1.54) is 0 Å². The van der Waals surface area contributed by atoms with E-state index in [4.69, 9.17) is 5.73 Å². The van der Waals surface area contributed by atoms with Crippen molar-refractivity contribution < 1.29 is 0 Å². The quantitative estimate of drug-likeness (QED) is 0.447. The first-order valence-electron chi connectivity index (χ1n) is 7.05. The van der Waals surface area contributed by atoms with Crippen molar-refractivity contribution in [3.05, 3.63) is 42.1 Å². The van der Waals surface area contributed by atoms with Crippen molar-refractivity contribution in [2.24, 2.45) is 16.6 Å². The van der Waals surface area contributed by atoms with Gasteiger partial charge in [0.1, 0.15) is 11.6 Å². The molecule has 0 aliphatic rings. The van der Waals surface area contributed by atoms with Gasteiger partial charge in [-0.25, -0.2) is 15.0 Å². The van der Waals surface area contributed by atoms with Crippen LogP contribution in [0, 0.1) is 12.8 Å². The number of hydrogen-bond donors (Lipinski definition) is 2. The van der Waals surface area contributed by atoms with Crippen LogP contribution in [0.1, 0.15) is 25.2 Å². The molecule has 0 aliphatic heterocycles. The van der Waals surface area contributed by atoms with Gasteiger partial charge in [0.05, 0.1) is 6.54 Å². The molecule has 0 atom stereocenters. The van der Waals surface area contributed by atoms with E-state index in [1.54, 1.807) is 6.20 Å². The largest absolute Gasteiger partial charge is 0.370 e.